The third-order valence-corrected chi connectivity index (χ3v) is 5.92. The molecule has 0 atom stereocenters. The summed E-state index contributed by atoms with van der Waals surface area (Å²) in [6.45, 7) is 6.29. The molecule has 3 aromatic carbocycles. The van der Waals surface area contributed by atoms with Gasteiger partial charge in [-0.3, -0.25) is 14.9 Å². The monoisotopic (exact) mass is 498 g/mol. The summed E-state index contributed by atoms with van der Waals surface area (Å²) in [4.78, 5) is 51.2. The van der Waals surface area contributed by atoms with E-state index >= 15 is 0 Å². The molecule has 0 aliphatic carbocycles. The quantitative estimate of drug-likeness (QED) is 0.287. The molecule has 8 nitrogen and oxygen atoms in total. The number of imide groups is 2. The predicted molar refractivity (Wildman–Crippen MR) is 138 cm³/mol. The van der Waals surface area contributed by atoms with Gasteiger partial charge in [0.05, 0.1) is 17.9 Å². The topological polar surface area (TPSA) is 102 Å². The van der Waals surface area contributed by atoms with Gasteiger partial charge in [-0.25, -0.2) is 14.5 Å². The second-order valence-corrected chi connectivity index (χ2v) is 8.47. The molecular weight excluding hydrogens is 472 g/mol. The highest BCUT2D eigenvalue weighted by atomic mass is 16.5. The predicted octanol–water partition coefficient (Wildman–Crippen LogP) is 4.73. The Labute approximate surface area is 214 Å². The van der Waals surface area contributed by atoms with Crippen LogP contribution in [0.4, 0.5) is 10.5 Å². The van der Waals surface area contributed by atoms with Crippen molar-refractivity contribution in [2.75, 3.05) is 11.5 Å². The van der Waals surface area contributed by atoms with Gasteiger partial charge in [-0.1, -0.05) is 36.4 Å². The van der Waals surface area contributed by atoms with Gasteiger partial charge in [-0.2, -0.15) is 0 Å². The Balaban J connectivity index is 1.59. The molecule has 1 heterocycles. The lowest BCUT2D eigenvalue weighted by atomic mass is 10.1. The number of barbiturate groups is 1. The van der Waals surface area contributed by atoms with Crippen LogP contribution in [-0.4, -0.2) is 30.4 Å². The van der Waals surface area contributed by atoms with Crippen molar-refractivity contribution in [3.05, 3.63) is 100 Å². The Kier molecular flexibility index (Phi) is 7.48. The van der Waals surface area contributed by atoms with Gasteiger partial charge < -0.3 is 9.47 Å². The summed E-state index contributed by atoms with van der Waals surface area (Å²) < 4.78 is 11.0. The molecule has 0 spiro atoms. The van der Waals surface area contributed by atoms with Gasteiger partial charge in [0.2, 0.25) is 0 Å². The average molecular weight is 499 g/mol. The van der Waals surface area contributed by atoms with E-state index in [0.29, 0.717) is 17.9 Å². The summed E-state index contributed by atoms with van der Waals surface area (Å²) in [5, 5.41) is 2.20. The van der Waals surface area contributed by atoms with Crippen LogP contribution in [0, 0.1) is 13.8 Å². The van der Waals surface area contributed by atoms with Crippen molar-refractivity contribution in [1.82, 2.24) is 5.32 Å². The van der Waals surface area contributed by atoms with E-state index in [9.17, 15) is 19.2 Å². The standard InChI is InChI=1S/C29H26N2O6/c1-4-36-28(34)21-11-13-23(14-12-21)31-27(33)24(26(32)30-29(31)35)16-22-7-5-6-8-25(22)37-17-20-10-9-18(2)19(3)15-20/h5-16H,4,17H2,1-3H3,(H,30,32,35)/b24-16+. The molecule has 0 saturated carbocycles. The molecule has 37 heavy (non-hydrogen) atoms. The van der Waals surface area contributed by atoms with Crippen LogP contribution in [0.3, 0.4) is 0 Å². The van der Waals surface area contributed by atoms with Crippen LogP contribution < -0.4 is 15.0 Å². The van der Waals surface area contributed by atoms with Crippen LogP contribution >= 0.6 is 0 Å². The maximum absolute atomic E-state index is 13.3. The second-order valence-electron chi connectivity index (χ2n) is 8.47. The maximum Gasteiger partial charge on any atom is 0.338 e. The number of aryl methyl sites for hydroxylation is 2. The number of nitrogens with one attached hydrogen (secondary N) is 1. The number of hydrogen-bond acceptors (Lipinski definition) is 6. The Morgan fingerprint density at radius 3 is 2.38 bits per heavy atom. The molecule has 0 bridgehead atoms. The van der Waals surface area contributed by atoms with Crippen molar-refractivity contribution in [3.63, 3.8) is 0 Å². The van der Waals surface area contributed by atoms with E-state index < -0.39 is 23.8 Å². The molecule has 0 radical (unpaired) electrons. The van der Waals surface area contributed by atoms with Crippen LogP contribution in [-0.2, 0) is 20.9 Å². The number of nitrogens with zero attached hydrogens (tertiary/aromatic N) is 1. The lowest BCUT2D eigenvalue weighted by molar-refractivity contribution is -0.122. The fourth-order valence-electron chi connectivity index (χ4n) is 3.79. The summed E-state index contributed by atoms with van der Waals surface area (Å²) in [6.07, 6.45) is 1.40. The summed E-state index contributed by atoms with van der Waals surface area (Å²) in [6, 6.07) is 18.0. The van der Waals surface area contributed by atoms with E-state index in [1.54, 1.807) is 31.2 Å². The molecular formula is C29H26N2O6. The zero-order valence-corrected chi connectivity index (χ0v) is 20.7. The van der Waals surface area contributed by atoms with E-state index in [4.69, 9.17) is 9.47 Å². The van der Waals surface area contributed by atoms with E-state index in [2.05, 4.69) is 5.32 Å². The first-order valence-electron chi connectivity index (χ1n) is 11.7. The van der Waals surface area contributed by atoms with Crippen molar-refractivity contribution in [2.24, 2.45) is 0 Å². The number of hydrogen-bond donors (Lipinski definition) is 1. The van der Waals surface area contributed by atoms with Crippen molar-refractivity contribution in [1.29, 1.82) is 0 Å². The maximum atomic E-state index is 13.3. The fourth-order valence-corrected chi connectivity index (χ4v) is 3.79. The molecule has 188 valence electrons. The third-order valence-electron chi connectivity index (χ3n) is 5.92. The molecule has 1 saturated heterocycles. The average Bonchev–Trinajstić information content (AvgIpc) is 2.88. The number of esters is 1. The summed E-state index contributed by atoms with van der Waals surface area (Å²) >= 11 is 0. The van der Waals surface area contributed by atoms with Crippen molar-refractivity contribution >= 4 is 35.6 Å². The molecule has 0 aromatic heterocycles. The van der Waals surface area contributed by atoms with Gasteiger partial charge >= 0.3 is 12.0 Å². The van der Waals surface area contributed by atoms with E-state index in [-0.39, 0.29) is 23.4 Å². The zero-order chi connectivity index (χ0) is 26.5. The summed E-state index contributed by atoms with van der Waals surface area (Å²) in [5.41, 5.74) is 4.09. The summed E-state index contributed by atoms with van der Waals surface area (Å²) in [5.74, 6) is -1.63. The lowest BCUT2D eigenvalue weighted by Gasteiger charge is -2.26. The van der Waals surface area contributed by atoms with E-state index in [1.165, 1.54) is 35.9 Å². The van der Waals surface area contributed by atoms with Crippen molar-refractivity contribution in [2.45, 2.75) is 27.4 Å². The highest BCUT2D eigenvalue weighted by Gasteiger charge is 2.37. The molecule has 3 aromatic rings. The van der Waals surface area contributed by atoms with Crippen molar-refractivity contribution < 1.29 is 28.7 Å². The first kappa shape index (κ1) is 25.4. The minimum Gasteiger partial charge on any atom is -0.488 e. The first-order valence-corrected chi connectivity index (χ1v) is 11.7. The highest BCUT2D eigenvalue weighted by molar-refractivity contribution is 6.39. The van der Waals surface area contributed by atoms with Crippen LogP contribution in [0.15, 0.2) is 72.3 Å². The molecule has 4 amide bonds. The second kappa shape index (κ2) is 10.9. The zero-order valence-electron chi connectivity index (χ0n) is 20.7. The number of urea groups is 1. The molecule has 1 aliphatic heterocycles. The number of benzene rings is 3. The molecule has 1 N–H and O–H groups in total. The Bertz CT molecular complexity index is 1410. The molecule has 8 heteroatoms. The SMILES string of the molecule is CCOC(=O)c1ccc(N2C(=O)NC(=O)/C(=C\c3ccccc3OCc3ccc(C)c(C)c3)C2=O)cc1. The molecule has 0 unspecified atom stereocenters. The largest absolute Gasteiger partial charge is 0.488 e. The number of carbonyl (C=O) groups is 4. The van der Waals surface area contributed by atoms with Crippen molar-refractivity contribution in [3.8, 4) is 5.75 Å². The van der Waals surface area contributed by atoms with Gasteiger partial charge in [0, 0.05) is 5.56 Å². The third kappa shape index (κ3) is 5.59. The number of ether oxygens (including phenoxy) is 2. The number of rotatable bonds is 7. The van der Waals surface area contributed by atoms with E-state index in [1.807, 2.05) is 32.0 Å². The minimum atomic E-state index is -0.879. The van der Waals surface area contributed by atoms with Gasteiger partial charge in [0.25, 0.3) is 11.8 Å². The van der Waals surface area contributed by atoms with Crippen LogP contribution in [0.1, 0.15) is 39.5 Å². The van der Waals surface area contributed by atoms with Crippen LogP contribution in [0.25, 0.3) is 6.08 Å². The van der Waals surface area contributed by atoms with Gasteiger partial charge in [-0.15, -0.1) is 0 Å². The van der Waals surface area contributed by atoms with Gasteiger partial charge in [0.15, 0.2) is 0 Å². The Hall–Kier alpha value is -4.72. The summed E-state index contributed by atoms with van der Waals surface area (Å²) in [7, 11) is 0. The normalized spacial score (nSPS) is 14.5. The number of carbonyl (C=O) groups excluding carboxylic acids is 4. The molecule has 1 fully saturated rings. The fraction of sp³-hybridized carbons (Fsp3) is 0.172. The Morgan fingerprint density at radius 2 is 1.68 bits per heavy atom. The minimum absolute atomic E-state index is 0.202. The van der Waals surface area contributed by atoms with Gasteiger partial charge in [-0.05, 0) is 73.9 Å². The number of para-hydroxylation sites is 1. The van der Waals surface area contributed by atoms with Crippen LogP contribution in [0.5, 0.6) is 5.75 Å². The van der Waals surface area contributed by atoms with Gasteiger partial charge in [0.1, 0.15) is 17.9 Å². The first-order chi connectivity index (χ1) is 17.8. The molecule has 1 aliphatic rings. The van der Waals surface area contributed by atoms with E-state index in [0.717, 1.165) is 16.0 Å². The number of amides is 4. The smallest absolute Gasteiger partial charge is 0.338 e. The Morgan fingerprint density at radius 1 is 0.946 bits per heavy atom. The molecule has 4 rings (SSSR count). The highest BCUT2D eigenvalue weighted by Crippen LogP contribution is 2.26. The number of anilines is 1. The van der Waals surface area contributed by atoms with Crippen LogP contribution in [0.2, 0.25) is 0 Å². The lowest BCUT2D eigenvalue weighted by Crippen LogP contribution is -2.54.